The highest BCUT2D eigenvalue weighted by molar-refractivity contribution is 5.87. The van der Waals surface area contributed by atoms with Gasteiger partial charge in [-0.2, -0.15) is 0 Å². The van der Waals surface area contributed by atoms with Crippen LogP contribution in [0.2, 0.25) is 0 Å². The molecule has 0 saturated carbocycles. The molecule has 0 fully saturated rings. The number of rotatable bonds is 9. The fraction of sp³-hybridized carbons (Fsp3) is 0.167. The predicted molar refractivity (Wildman–Crippen MR) is 110 cm³/mol. The Balaban J connectivity index is 1.94. The van der Waals surface area contributed by atoms with Gasteiger partial charge in [0.05, 0.1) is 12.2 Å². The molecule has 0 heterocycles. The molecule has 0 aliphatic heterocycles. The molecule has 0 radical (unpaired) electrons. The Labute approximate surface area is 174 Å². The third-order valence-corrected chi connectivity index (χ3v) is 4.95. The largest absolute Gasteiger partial charge is 0.479 e. The van der Waals surface area contributed by atoms with Crippen molar-refractivity contribution in [1.29, 1.82) is 0 Å². The van der Waals surface area contributed by atoms with E-state index in [0.717, 1.165) is 5.56 Å². The second-order valence-electron chi connectivity index (χ2n) is 6.81. The van der Waals surface area contributed by atoms with Crippen molar-refractivity contribution < 1.29 is 29.6 Å². The minimum atomic E-state index is -1.84. The zero-order chi connectivity index (χ0) is 21.6. The van der Waals surface area contributed by atoms with Crippen molar-refractivity contribution in [1.82, 2.24) is 0 Å². The number of benzene rings is 3. The molecule has 0 aromatic heterocycles. The van der Waals surface area contributed by atoms with E-state index in [-0.39, 0.29) is 12.2 Å². The van der Waals surface area contributed by atoms with Crippen LogP contribution in [0.15, 0.2) is 84.9 Å². The molecule has 154 valence electrons. The Hall–Kier alpha value is -3.48. The maximum atomic E-state index is 11.8. The monoisotopic (exact) mass is 406 g/mol. The summed E-state index contributed by atoms with van der Waals surface area (Å²) in [6, 6.07) is 23.9. The number of carboxylic acids is 2. The zero-order valence-corrected chi connectivity index (χ0v) is 16.1. The van der Waals surface area contributed by atoms with Crippen molar-refractivity contribution in [2.45, 2.75) is 18.1 Å². The number of ether oxygens (including phenoxy) is 1. The topological polar surface area (TPSA) is 104 Å². The molecule has 3 rings (SSSR count). The van der Waals surface area contributed by atoms with Gasteiger partial charge in [0.15, 0.2) is 11.7 Å². The van der Waals surface area contributed by atoms with Gasteiger partial charge < -0.3 is 20.1 Å². The van der Waals surface area contributed by atoms with Crippen LogP contribution in [0.5, 0.6) is 0 Å². The molecule has 1 atom stereocenters. The van der Waals surface area contributed by atoms with Crippen LogP contribution in [0, 0.1) is 0 Å². The predicted octanol–water partition coefficient (Wildman–Crippen LogP) is 3.33. The van der Waals surface area contributed by atoms with Crippen molar-refractivity contribution in [3.05, 3.63) is 107 Å². The van der Waals surface area contributed by atoms with Crippen LogP contribution >= 0.6 is 0 Å². The van der Waals surface area contributed by atoms with Gasteiger partial charge in [0, 0.05) is 0 Å². The molecule has 6 nitrogen and oxygen atoms in total. The van der Waals surface area contributed by atoms with E-state index in [1.807, 2.05) is 0 Å². The van der Waals surface area contributed by atoms with Crippen molar-refractivity contribution in [3.8, 4) is 0 Å². The first-order valence-corrected chi connectivity index (χ1v) is 9.43. The Bertz CT molecular complexity index is 944. The van der Waals surface area contributed by atoms with Crippen LogP contribution in [0.3, 0.4) is 0 Å². The molecule has 0 bridgehead atoms. The summed E-state index contributed by atoms with van der Waals surface area (Å²) in [5.74, 6) is -2.40. The van der Waals surface area contributed by atoms with Gasteiger partial charge in [-0.15, -0.1) is 0 Å². The lowest BCUT2D eigenvalue weighted by molar-refractivity contribution is -0.167. The summed E-state index contributed by atoms with van der Waals surface area (Å²) < 4.78 is 6.16. The minimum Gasteiger partial charge on any atom is -0.479 e. The molecule has 1 unspecified atom stereocenters. The Kier molecular flexibility index (Phi) is 6.61. The number of aromatic carboxylic acids is 1. The van der Waals surface area contributed by atoms with Crippen molar-refractivity contribution in [2.75, 3.05) is 6.61 Å². The Morgan fingerprint density at radius 2 is 1.30 bits per heavy atom. The molecule has 3 aromatic rings. The quantitative estimate of drug-likeness (QED) is 0.504. The number of aliphatic hydroxyl groups is 1. The van der Waals surface area contributed by atoms with Crippen LogP contribution in [0.1, 0.15) is 27.0 Å². The van der Waals surface area contributed by atoms with Crippen LogP contribution in [0.25, 0.3) is 0 Å². The molecule has 3 aromatic carbocycles. The summed E-state index contributed by atoms with van der Waals surface area (Å²) >= 11 is 0. The lowest BCUT2D eigenvalue weighted by Crippen LogP contribution is -2.48. The number of hydrogen-bond donors (Lipinski definition) is 3. The summed E-state index contributed by atoms with van der Waals surface area (Å²) in [6.07, 6.45) is -1.43. The molecular formula is C24H22O6. The summed E-state index contributed by atoms with van der Waals surface area (Å²) in [4.78, 5) is 22.8. The highest BCUT2D eigenvalue weighted by atomic mass is 16.5. The SMILES string of the molecule is O=C(O)c1ccc(CCOC(c2ccccc2)(c2ccccc2)C(O)C(=O)O)cc1. The summed E-state index contributed by atoms with van der Waals surface area (Å²) in [6.45, 7) is 0.112. The number of carbonyl (C=O) groups is 2. The number of aliphatic carboxylic acids is 1. The fourth-order valence-electron chi connectivity index (χ4n) is 3.42. The maximum Gasteiger partial charge on any atom is 0.336 e. The van der Waals surface area contributed by atoms with Gasteiger partial charge in [0.25, 0.3) is 0 Å². The highest BCUT2D eigenvalue weighted by Crippen LogP contribution is 2.37. The third-order valence-electron chi connectivity index (χ3n) is 4.95. The first kappa shape index (κ1) is 21.2. The van der Waals surface area contributed by atoms with Crippen molar-refractivity contribution in [3.63, 3.8) is 0 Å². The van der Waals surface area contributed by atoms with Crippen LogP contribution in [-0.2, 0) is 21.6 Å². The average molecular weight is 406 g/mol. The molecule has 30 heavy (non-hydrogen) atoms. The highest BCUT2D eigenvalue weighted by Gasteiger charge is 2.46. The lowest BCUT2D eigenvalue weighted by Gasteiger charge is -2.37. The molecule has 0 aliphatic rings. The number of aliphatic hydroxyl groups excluding tert-OH is 1. The second kappa shape index (κ2) is 9.35. The van der Waals surface area contributed by atoms with E-state index in [0.29, 0.717) is 17.5 Å². The van der Waals surface area contributed by atoms with E-state index in [9.17, 15) is 19.8 Å². The van der Waals surface area contributed by atoms with Crippen LogP contribution < -0.4 is 0 Å². The normalized spacial score (nSPS) is 12.3. The van der Waals surface area contributed by atoms with E-state index < -0.39 is 23.6 Å². The van der Waals surface area contributed by atoms with E-state index in [1.54, 1.807) is 72.8 Å². The molecule has 0 spiro atoms. The van der Waals surface area contributed by atoms with E-state index >= 15 is 0 Å². The van der Waals surface area contributed by atoms with Crippen LogP contribution in [0.4, 0.5) is 0 Å². The van der Waals surface area contributed by atoms with Crippen LogP contribution in [-0.4, -0.2) is 40.0 Å². The van der Waals surface area contributed by atoms with Gasteiger partial charge in [0.1, 0.15) is 0 Å². The first-order chi connectivity index (χ1) is 14.4. The first-order valence-electron chi connectivity index (χ1n) is 9.43. The fourth-order valence-corrected chi connectivity index (χ4v) is 3.42. The molecule has 0 amide bonds. The van der Waals surface area contributed by atoms with Gasteiger partial charge in [-0.3, -0.25) is 0 Å². The minimum absolute atomic E-state index is 0.112. The van der Waals surface area contributed by atoms with E-state index in [2.05, 4.69) is 0 Å². The van der Waals surface area contributed by atoms with Crippen molar-refractivity contribution >= 4 is 11.9 Å². The zero-order valence-electron chi connectivity index (χ0n) is 16.1. The summed E-state index contributed by atoms with van der Waals surface area (Å²) in [5.41, 5.74) is 0.457. The van der Waals surface area contributed by atoms with Gasteiger partial charge in [-0.1, -0.05) is 72.8 Å². The maximum absolute atomic E-state index is 11.8. The molecule has 6 heteroatoms. The molecule has 0 saturated heterocycles. The van der Waals surface area contributed by atoms with E-state index in [1.165, 1.54) is 12.1 Å². The molecular weight excluding hydrogens is 384 g/mol. The van der Waals surface area contributed by atoms with Gasteiger partial charge >= 0.3 is 11.9 Å². The van der Waals surface area contributed by atoms with Gasteiger partial charge in [-0.25, -0.2) is 9.59 Å². The summed E-state index contributed by atoms with van der Waals surface area (Å²) in [7, 11) is 0. The van der Waals surface area contributed by atoms with Gasteiger partial charge in [0.2, 0.25) is 0 Å². The standard InChI is InChI=1S/C24H22O6/c25-21(23(28)29)24(19-7-3-1-4-8-19,20-9-5-2-6-10-20)30-16-15-17-11-13-18(14-12-17)22(26)27/h1-14,21,25H,15-16H2,(H,26,27)(H,28,29). The third kappa shape index (κ3) is 4.40. The Morgan fingerprint density at radius 3 is 1.73 bits per heavy atom. The Morgan fingerprint density at radius 1 is 0.800 bits per heavy atom. The lowest BCUT2D eigenvalue weighted by atomic mass is 9.81. The number of carboxylic acid groups (broad SMARTS) is 2. The average Bonchev–Trinajstić information content (AvgIpc) is 2.78. The number of hydrogen-bond acceptors (Lipinski definition) is 4. The second-order valence-corrected chi connectivity index (χ2v) is 6.81. The summed E-state index contributed by atoms with van der Waals surface area (Å²) in [5, 5.41) is 29.4. The smallest absolute Gasteiger partial charge is 0.336 e. The van der Waals surface area contributed by atoms with E-state index in [4.69, 9.17) is 9.84 Å². The molecule has 0 aliphatic carbocycles. The molecule has 3 N–H and O–H groups in total. The van der Waals surface area contributed by atoms with Crippen molar-refractivity contribution in [2.24, 2.45) is 0 Å². The van der Waals surface area contributed by atoms with Gasteiger partial charge in [-0.05, 0) is 35.2 Å².